The second kappa shape index (κ2) is 2.93. The van der Waals surface area contributed by atoms with E-state index in [-0.39, 0.29) is 11.6 Å². The van der Waals surface area contributed by atoms with Gasteiger partial charge in [0.15, 0.2) is 0 Å². The van der Waals surface area contributed by atoms with Crippen LogP contribution in [0.2, 0.25) is 0 Å². The lowest BCUT2D eigenvalue weighted by Gasteiger charge is -2.25. The van der Waals surface area contributed by atoms with E-state index in [1.165, 1.54) is 0 Å². The molecule has 0 N–H and O–H groups in total. The van der Waals surface area contributed by atoms with Crippen LogP contribution in [0.15, 0.2) is 0 Å². The number of hydrogen-bond donors (Lipinski definition) is 0. The van der Waals surface area contributed by atoms with Gasteiger partial charge in [-0.3, -0.25) is 9.59 Å². The van der Waals surface area contributed by atoms with Gasteiger partial charge < -0.3 is 0 Å². The number of hydrogen-bond acceptors (Lipinski definition) is 2. The van der Waals surface area contributed by atoms with E-state index >= 15 is 0 Å². The first kappa shape index (κ1) is 8.92. The highest BCUT2D eigenvalue weighted by atomic mass is 16.2. The van der Waals surface area contributed by atoms with Gasteiger partial charge in [0.25, 0.3) is 0 Å². The summed E-state index contributed by atoms with van der Waals surface area (Å²) in [6, 6.07) is 0. The molecule has 0 spiro atoms. The molecule has 2 aliphatic rings. The number of Topliss-reactive ketones (excluding diaryl/α,β-unsaturated/α-hetero) is 2. The van der Waals surface area contributed by atoms with Crippen molar-refractivity contribution in [1.29, 1.82) is 0 Å². The summed E-state index contributed by atoms with van der Waals surface area (Å²) < 4.78 is 0. The maximum Gasteiger partial charge on any atom is 0.146 e. The van der Waals surface area contributed by atoms with Crippen LogP contribution in [0.5, 0.6) is 0 Å². The molecule has 0 aliphatic heterocycles. The zero-order valence-corrected chi connectivity index (χ0v) is 8.14. The van der Waals surface area contributed by atoms with E-state index in [4.69, 9.17) is 0 Å². The highest BCUT2D eigenvalue weighted by Crippen LogP contribution is 2.46. The molecule has 0 aromatic heterocycles. The SMILES string of the molecule is CC12C(=O)CCCCC1CCC2=O. The Morgan fingerprint density at radius 2 is 1.77 bits per heavy atom. The minimum atomic E-state index is -0.587. The fraction of sp³-hybridized carbons (Fsp3) is 0.818. The number of carbonyl (C=O) groups excluding carboxylic acids is 2. The number of fused-ring (bicyclic) bond motifs is 1. The Balaban J connectivity index is 2.34. The summed E-state index contributed by atoms with van der Waals surface area (Å²) in [5.41, 5.74) is -0.587. The van der Waals surface area contributed by atoms with E-state index in [2.05, 4.69) is 0 Å². The van der Waals surface area contributed by atoms with E-state index in [0.29, 0.717) is 18.8 Å². The van der Waals surface area contributed by atoms with Crippen LogP contribution in [0.1, 0.15) is 45.4 Å². The molecule has 2 unspecified atom stereocenters. The van der Waals surface area contributed by atoms with Crippen molar-refractivity contribution in [3.63, 3.8) is 0 Å². The molecule has 2 fully saturated rings. The zero-order valence-electron chi connectivity index (χ0n) is 8.14. The summed E-state index contributed by atoms with van der Waals surface area (Å²) in [4.78, 5) is 23.5. The third-order valence-electron chi connectivity index (χ3n) is 3.90. The highest BCUT2D eigenvalue weighted by molar-refractivity contribution is 6.08. The minimum Gasteiger partial charge on any atom is -0.299 e. The Labute approximate surface area is 78.7 Å². The average Bonchev–Trinajstić information content (AvgIpc) is 2.30. The summed E-state index contributed by atoms with van der Waals surface area (Å²) in [6.45, 7) is 1.88. The standard InChI is InChI=1S/C11H16O2/c1-11-8(6-7-10(11)13)4-2-3-5-9(11)12/h8H,2-7H2,1H3. The third-order valence-corrected chi connectivity index (χ3v) is 3.90. The van der Waals surface area contributed by atoms with Crippen LogP contribution in [0.25, 0.3) is 0 Å². The predicted octanol–water partition coefficient (Wildman–Crippen LogP) is 2.11. The molecule has 0 aromatic rings. The van der Waals surface area contributed by atoms with Gasteiger partial charge in [0, 0.05) is 12.8 Å². The normalized spacial score (nSPS) is 40.2. The largest absolute Gasteiger partial charge is 0.299 e. The molecule has 0 bridgehead atoms. The van der Waals surface area contributed by atoms with E-state index in [9.17, 15) is 9.59 Å². The average molecular weight is 180 g/mol. The molecule has 0 radical (unpaired) electrons. The second-order valence-electron chi connectivity index (χ2n) is 4.53. The van der Waals surface area contributed by atoms with Crippen LogP contribution >= 0.6 is 0 Å². The molecule has 72 valence electrons. The van der Waals surface area contributed by atoms with Crippen molar-refractivity contribution in [3.8, 4) is 0 Å². The first-order valence-corrected chi connectivity index (χ1v) is 5.22. The van der Waals surface area contributed by atoms with E-state index in [1.54, 1.807) is 0 Å². The van der Waals surface area contributed by atoms with Gasteiger partial charge in [-0.1, -0.05) is 6.42 Å². The van der Waals surface area contributed by atoms with Crippen LogP contribution in [0, 0.1) is 11.3 Å². The fourth-order valence-electron chi connectivity index (χ4n) is 2.83. The van der Waals surface area contributed by atoms with Gasteiger partial charge in [0.05, 0.1) is 5.41 Å². The Morgan fingerprint density at radius 1 is 1.08 bits per heavy atom. The van der Waals surface area contributed by atoms with E-state index in [0.717, 1.165) is 25.7 Å². The van der Waals surface area contributed by atoms with Crippen LogP contribution in [-0.2, 0) is 9.59 Å². The summed E-state index contributed by atoms with van der Waals surface area (Å²) in [7, 11) is 0. The smallest absolute Gasteiger partial charge is 0.146 e. The van der Waals surface area contributed by atoms with Crippen molar-refractivity contribution < 1.29 is 9.59 Å². The predicted molar refractivity (Wildman–Crippen MR) is 49.3 cm³/mol. The van der Waals surface area contributed by atoms with Crippen LogP contribution in [-0.4, -0.2) is 11.6 Å². The van der Waals surface area contributed by atoms with Crippen molar-refractivity contribution in [3.05, 3.63) is 0 Å². The van der Waals surface area contributed by atoms with Gasteiger partial charge in [0.1, 0.15) is 11.6 Å². The molecule has 2 aliphatic carbocycles. The molecular weight excluding hydrogens is 164 g/mol. The number of rotatable bonds is 0. The third kappa shape index (κ3) is 1.15. The minimum absolute atomic E-state index is 0.199. The first-order valence-electron chi connectivity index (χ1n) is 5.22. The molecule has 0 heterocycles. The Bertz CT molecular complexity index is 257. The highest BCUT2D eigenvalue weighted by Gasteiger charge is 2.51. The Hall–Kier alpha value is -0.660. The molecule has 2 heteroatoms. The molecule has 0 aromatic carbocycles. The molecule has 2 saturated carbocycles. The monoisotopic (exact) mass is 180 g/mol. The molecule has 13 heavy (non-hydrogen) atoms. The lowest BCUT2D eigenvalue weighted by atomic mass is 9.74. The van der Waals surface area contributed by atoms with Crippen molar-refractivity contribution in [2.75, 3.05) is 0 Å². The molecule has 0 amide bonds. The Morgan fingerprint density at radius 3 is 2.54 bits per heavy atom. The summed E-state index contributed by atoms with van der Waals surface area (Å²) in [5, 5.41) is 0. The van der Waals surface area contributed by atoms with Crippen molar-refractivity contribution in [2.24, 2.45) is 11.3 Å². The van der Waals surface area contributed by atoms with Crippen molar-refractivity contribution >= 4 is 11.6 Å². The van der Waals surface area contributed by atoms with Gasteiger partial charge in [-0.2, -0.15) is 0 Å². The number of ketones is 2. The van der Waals surface area contributed by atoms with Crippen molar-refractivity contribution in [2.45, 2.75) is 45.4 Å². The van der Waals surface area contributed by atoms with Gasteiger partial charge in [-0.15, -0.1) is 0 Å². The maximum atomic E-state index is 11.8. The summed E-state index contributed by atoms with van der Waals surface area (Å²) >= 11 is 0. The van der Waals surface area contributed by atoms with Crippen LogP contribution < -0.4 is 0 Å². The van der Waals surface area contributed by atoms with Crippen LogP contribution in [0.3, 0.4) is 0 Å². The number of carbonyl (C=O) groups is 2. The first-order chi connectivity index (χ1) is 6.15. The molecule has 2 atom stereocenters. The maximum absolute atomic E-state index is 11.8. The van der Waals surface area contributed by atoms with E-state index < -0.39 is 5.41 Å². The summed E-state index contributed by atoms with van der Waals surface area (Å²) in [6.07, 6.45) is 5.39. The fourth-order valence-corrected chi connectivity index (χ4v) is 2.83. The van der Waals surface area contributed by atoms with E-state index in [1.807, 2.05) is 6.92 Å². The van der Waals surface area contributed by atoms with Gasteiger partial charge in [-0.25, -0.2) is 0 Å². The lowest BCUT2D eigenvalue weighted by molar-refractivity contribution is -0.139. The molecular formula is C11H16O2. The molecule has 0 saturated heterocycles. The van der Waals surface area contributed by atoms with Gasteiger partial charge >= 0.3 is 0 Å². The molecule has 2 nitrogen and oxygen atoms in total. The quantitative estimate of drug-likeness (QED) is 0.535. The second-order valence-corrected chi connectivity index (χ2v) is 4.53. The van der Waals surface area contributed by atoms with Gasteiger partial charge in [0.2, 0.25) is 0 Å². The Kier molecular flexibility index (Phi) is 2.01. The van der Waals surface area contributed by atoms with Gasteiger partial charge in [-0.05, 0) is 32.1 Å². The van der Waals surface area contributed by atoms with Crippen LogP contribution in [0.4, 0.5) is 0 Å². The van der Waals surface area contributed by atoms with Crippen molar-refractivity contribution in [1.82, 2.24) is 0 Å². The lowest BCUT2D eigenvalue weighted by Crippen LogP contribution is -2.36. The summed E-state index contributed by atoms with van der Waals surface area (Å²) in [5.74, 6) is 0.761. The topological polar surface area (TPSA) is 34.1 Å². The molecule has 2 rings (SSSR count). The zero-order chi connectivity index (χ0) is 9.47.